The maximum absolute atomic E-state index is 12.5. The Labute approximate surface area is 139 Å². The van der Waals surface area contributed by atoms with E-state index < -0.39 is 0 Å². The first-order valence-corrected chi connectivity index (χ1v) is 7.76. The van der Waals surface area contributed by atoms with Crippen LogP contribution in [0.4, 0.5) is 0 Å². The minimum Gasteiger partial charge on any atom is -0.333 e. The van der Waals surface area contributed by atoms with E-state index >= 15 is 0 Å². The van der Waals surface area contributed by atoms with Gasteiger partial charge in [0.25, 0.3) is 5.91 Å². The van der Waals surface area contributed by atoms with Crippen molar-refractivity contribution in [1.29, 1.82) is 0 Å². The number of pyridine rings is 1. The van der Waals surface area contributed by atoms with E-state index in [0.29, 0.717) is 18.1 Å². The maximum atomic E-state index is 12.5. The number of rotatable bonds is 2. The Morgan fingerprint density at radius 2 is 1.86 bits per heavy atom. The topological polar surface area (TPSA) is 33.2 Å². The van der Waals surface area contributed by atoms with E-state index in [1.54, 1.807) is 17.0 Å². The largest absolute Gasteiger partial charge is 0.333 e. The van der Waals surface area contributed by atoms with Crippen molar-refractivity contribution in [2.45, 2.75) is 6.42 Å². The lowest BCUT2D eigenvalue weighted by atomic mass is 9.99. The van der Waals surface area contributed by atoms with Crippen LogP contribution in [0.15, 0.2) is 48.5 Å². The minimum atomic E-state index is -0.184. The van der Waals surface area contributed by atoms with Crippen molar-refractivity contribution in [3.8, 4) is 0 Å². The molecule has 3 nitrogen and oxygen atoms in total. The van der Waals surface area contributed by atoms with E-state index in [2.05, 4.69) is 23.2 Å². The second kappa shape index (κ2) is 6.51. The van der Waals surface area contributed by atoms with Crippen molar-refractivity contribution in [3.05, 3.63) is 70.0 Å². The number of nitrogens with zero attached hydrogens (tertiary/aromatic N) is 2. The summed E-state index contributed by atoms with van der Waals surface area (Å²) in [7, 11) is 0. The Balaban J connectivity index is 1.77. The number of amides is 1. The third-order valence-corrected chi connectivity index (χ3v) is 4.17. The average molecular weight is 333 g/mol. The molecule has 1 aromatic carbocycles. The van der Waals surface area contributed by atoms with Crippen LogP contribution in [0.1, 0.15) is 22.5 Å². The highest BCUT2D eigenvalue weighted by molar-refractivity contribution is 6.34. The first-order chi connectivity index (χ1) is 10.6. The molecule has 0 bridgehead atoms. The Hall–Kier alpha value is -1.84. The zero-order valence-corrected chi connectivity index (χ0v) is 13.3. The maximum Gasteiger partial charge on any atom is 0.274 e. The standard InChI is InChI=1S/C17H14Cl2N2O/c18-14-6-7-15(19)20-16(14)17(22)21-10-8-13(9-11-21)12-4-2-1-3-5-12/h1-8H,9-11H2. The molecule has 0 aliphatic carbocycles. The fourth-order valence-electron chi connectivity index (χ4n) is 2.49. The molecule has 0 atom stereocenters. The monoisotopic (exact) mass is 332 g/mol. The number of aromatic nitrogens is 1. The molecule has 1 aliphatic heterocycles. The lowest BCUT2D eigenvalue weighted by Crippen LogP contribution is -2.35. The smallest absolute Gasteiger partial charge is 0.274 e. The SMILES string of the molecule is O=C(c1nc(Cl)ccc1Cl)N1CC=C(c2ccccc2)CC1. The van der Waals surface area contributed by atoms with E-state index in [-0.39, 0.29) is 16.8 Å². The van der Waals surface area contributed by atoms with E-state index in [1.807, 2.05) is 18.2 Å². The van der Waals surface area contributed by atoms with Gasteiger partial charge in [-0.2, -0.15) is 0 Å². The molecular formula is C17H14Cl2N2O. The lowest BCUT2D eigenvalue weighted by Gasteiger charge is -2.26. The molecule has 112 valence electrons. The quantitative estimate of drug-likeness (QED) is 0.767. The van der Waals surface area contributed by atoms with Gasteiger partial charge in [0, 0.05) is 13.1 Å². The summed E-state index contributed by atoms with van der Waals surface area (Å²) in [6.07, 6.45) is 2.89. The number of carbonyl (C=O) groups excluding carboxylic acids is 1. The van der Waals surface area contributed by atoms with Gasteiger partial charge in [0.15, 0.2) is 0 Å². The molecule has 0 N–H and O–H groups in total. The fourth-order valence-corrected chi connectivity index (χ4v) is 2.82. The van der Waals surface area contributed by atoms with Crippen molar-refractivity contribution in [1.82, 2.24) is 9.88 Å². The van der Waals surface area contributed by atoms with Gasteiger partial charge < -0.3 is 4.90 Å². The third-order valence-electron chi connectivity index (χ3n) is 3.66. The Morgan fingerprint density at radius 3 is 2.55 bits per heavy atom. The first-order valence-electron chi connectivity index (χ1n) is 7.01. The van der Waals surface area contributed by atoms with Crippen LogP contribution < -0.4 is 0 Å². The summed E-state index contributed by atoms with van der Waals surface area (Å²) in [5, 5.41) is 0.595. The van der Waals surface area contributed by atoms with Gasteiger partial charge in [0.2, 0.25) is 0 Å². The van der Waals surface area contributed by atoms with Gasteiger partial charge in [-0.3, -0.25) is 4.79 Å². The molecule has 2 heterocycles. The van der Waals surface area contributed by atoms with Gasteiger partial charge in [-0.15, -0.1) is 0 Å². The van der Waals surface area contributed by atoms with Crippen LogP contribution in [0, 0.1) is 0 Å². The summed E-state index contributed by atoms with van der Waals surface area (Å²) in [4.78, 5) is 18.3. The lowest BCUT2D eigenvalue weighted by molar-refractivity contribution is 0.0767. The molecule has 0 saturated heterocycles. The van der Waals surface area contributed by atoms with Gasteiger partial charge >= 0.3 is 0 Å². The van der Waals surface area contributed by atoms with Crippen LogP contribution in [0.5, 0.6) is 0 Å². The number of hydrogen-bond donors (Lipinski definition) is 0. The minimum absolute atomic E-state index is 0.184. The summed E-state index contributed by atoms with van der Waals surface area (Å²) in [5.74, 6) is -0.184. The van der Waals surface area contributed by atoms with E-state index in [9.17, 15) is 4.79 Å². The van der Waals surface area contributed by atoms with Crippen LogP contribution in [-0.2, 0) is 0 Å². The van der Waals surface area contributed by atoms with Crippen LogP contribution in [0.2, 0.25) is 10.2 Å². The molecule has 5 heteroatoms. The highest BCUT2D eigenvalue weighted by atomic mass is 35.5. The highest BCUT2D eigenvalue weighted by Crippen LogP contribution is 2.24. The zero-order valence-electron chi connectivity index (χ0n) is 11.8. The molecule has 0 spiro atoms. The number of halogens is 2. The molecule has 22 heavy (non-hydrogen) atoms. The van der Waals surface area contributed by atoms with Crippen LogP contribution in [0.25, 0.3) is 5.57 Å². The molecule has 1 aromatic heterocycles. The Morgan fingerprint density at radius 1 is 1.09 bits per heavy atom. The fraction of sp³-hybridized carbons (Fsp3) is 0.176. The first kappa shape index (κ1) is 15.1. The number of carbonyl (C=O) groups is 1. The normalized spacial score (nSPS) is 14.6. The second-order valence-electron chi connectivity index (χ2n) is 5.06. The molecule has 0 radical (unpaired) electrons. The summed E-state index contributed by atoms with van der Waals surface area (Å²) in [6, 6.07) is 13.4. The van der Waals surface area contributed by atoms with Gasteiger partial charge in [-0.05, 0) is 29.7 Å². The summed E-state index contributed by atoms with van der Waals surface area (Å²) in [6.45, 7) is 1.19. The summed E-state index contributed by atoms with van der Waals surface area (Å²) in [5.41, 5.74) is 2.68. The van der Waals surface area contributed by atoms with Crippen LogP contribution in [0.3, 0.4) is 0 Å². The van der Waals surface area contributed by atoms with E-state index in [4.69, 9.17) is 23.2 Å². The molecule has 0 unspecified atom stereocenters. The predicted molar refractivity (Wildman–Crippen MR) is 89.2 cm³/mol. The van der Waals surface area contributed by atoms with Crippen LogP contribution in [-0.4, -0.2) is 28.9 Å². The number of benzene rings is 1. The Bertz CT molecular complexity index is 729. The summed E-state index contributed by atoms with van der Waals surface area (Å²) < 4.78 is 0. The summed E-state index contributed by atoms with van der Waals surface area (Å²) >= 11 is 11.9. The predicted octanol–water partition coefficient (Wildman–Crippen LogP) is 4.32. The highest BCUT2D eigenvalue weighted by Gasteiger charge is 2.22. The van der Waals surface area contributed by atoms with Crippen LogP contribution >= 0.6 is 23.2 Å². The molecule has 3 rings (SSSR count). The molecule has 1 amide bonds. The van der Waals surface area contributed by atoms with E-state index in [0.717, 1.165) is 6.42 Å². The van der Waals surface area contributed by atoms with Crippen molar-refractivity contribution < 1.29 is 4.79 Å². The second-order valence-corrected chi connectivity index (χ2v) is 5.86. The van der Waals surface area contributed by atoms with E-state index in [1.165, 1.54) is 11.1 Å². The third kappa shape index (κ3) is 3.16. The average Bonchev–Trinajstić information content (AvgIpc) is 2.57. The van der Waals surface area contributed by atoms with Crippen molar-refractivity contribution in [2.75, 3.05) is 13.1 Å². The molecule has 0 saturated carbocycles. The van der Waals surface area contributed by atoms with Crippen molar-refractivity contribution in [2.24, 2.45) is 0 Å². The molecule has 0 fully saturated rings. The number of hydrogen-bond acceptors (Lipinski definition) is 2. The van der Waals surface area contributed by atoms with Crippen molar-refractivity contribution >= 4 is 34.7 Å². The van der Waals surface area contributed by atoms with Gasteiger partial charge in [0.05, 0.1) is 5.02 Å². The molecular weight excluding hydrogens is 319 g/mol. The zero-order chi connectivity index (χ0) is 15.5. The molecule has 2 aromatic rings. The Kier molecular flexibility index (Phi) is 4.46. The van der Waals surface area contributed by atoms with Gasteiger partial charge in [0.1, 0.15) is 10.8 Å². The van der Waals surface area contributed by atoms with Gasteiger partial charge in [-0.1, -0.05) is 59.6 Å². The van der Waals surface area contributed by atoms with Gasteiger partial charge in [-0.25, -0.2) is 4.98 Å². The van der Waals surface area contributed by atoms with Crippen molar-refractivity contribution in [3.63, 3.8) is 0 Å². The molecule has 1 aliphatic rings.